The standard InChI is InChI=1S/C31H46N2O3S/c1-4-7-9-11-13-23-32-31(35)33(24-14-12-10-8-5-2)27-17-21-29(22-18-27)37-28-19-15-26(16-20-28)25-30(34)36-6-3/h15-22H,4-14,23-25H2,1-3H3,(H,32,35). The van der Waals surface area contributed by atoms with Gasteiger partial charge in [-0.05, 0) is 61.7 Å². The lowest BCUT2D eigenvalue weighted by Gasteiger charge is -2.23. The molecule has 0 spiro atoms. The Bertz CT molecular complexity index is 900. The fourth-order valence-corrected chi connectivity index (χ4v) is 4.94. The first-order valence-corrected chi connectivity index (χ1v) is 15.0. The van der Waals surface area contributed by atoms with Gasteiger partial charge in [-0.3, -0.25) is 9.69 Å². The van der Waals surface area contributed by atoms with Crippen LogP contribution in [0, 0.1) is 0 Å². The molecule has 2 aromatic rings. The van der Waals surface area contributed by atoms with Gasteiger partial charge in [-0.2, -0.15) is 0 Å². The van der Waals surface area contributed by atoms with E-state index < -0.39 is 0 Å². The maximum atomic E-state index is 13.1. The van der Waals surface area contributed by atoms with Crippen LogP contribution in [-0.2, 0) is 16.0 Å². The molecule has 0 bridgehead atoms. The van der Waals surface area contributed by atoms with Crippen LogP contribution >= 0.6 is 11.8 Å². The predicted molar refractivity (Wildman–Crippen MR) is 156 cm³/mol. The molecule has 0 radical (unpaired) electrons. The number of hydrogen-bond acceptors (Lipinski definition) is 4. The molecular formula is C31H46N2O3S. The van der Waals surface area contributed by atoms with Crippen molar-refractivity contribution in [2.75, 3.05) is 24.6 Å². The first kappa shape index (κ1) is 30.8. The Morgan fingerprint density at radius 3 is 1.92 bits per heavy atom. The van der Waals surface area contributed by atoms with Gasteiger partial charge in [0.2, 0.25) is 0 Å². The van der Waals surface area contributed by atoms with Crippen molar-refractivity contribution in [3.63, 3.8) is 0 Å². The van der Waals surface area contributed by atoms with Gasteiger partial charge in [0, 0.05) is 28.6 Å². The molecular weight excluding hydrogens is 480 g/mol. The smallest absolute Gasteiger partial charge is 0.321 e. The molecule has 0 unspecified atom stereocenters. The van der Waals surface area contributed by atoms with Crippen LogP contribution in [0.15, 0.2) is 58.3 Å². The van der Waals surface area contributed by atoms with Crippen LogP contribution in [-0.4, -0.2) is 31.7 Å². The van der Waals surface area contributed by atoms with E-state index in [0.29, 0.717) is 13.0 Å². The highest BCUT2D eigenvalue weighted by Crippen LogP contribution is 2.30. The predicted octanol–water partition coefficient (Wildman–Crippen LogP) is 8.40. The highest BCUT2D eigenvalue weighted by Gasteiger charge is 2.15. The van der Waals surface area contributed by atoms with Gasteiger partial charge in [0.15, 0.2) is 0 Å². The Morgan fingerprint density at radius 2 is 1.32 bits per heavy atom. The van der Waals surface area contributed by atoms with Crippen molar-refractivity contribution in [2.24, 2.45) is 0 Å². The first-order chi connectivity index (χ1) is 18.1. The van der Waals surface area contributed by atoms with E-state index in [9.17, 15) is 9.59 Å². The molecule has 204 valence electrons. The molecule has 0 fully saturated rings. The fraction of sp³-hybridized carbons (Fsp3) is 0.548. The average molecular weight is 527 g/mol. The number of nitrogens with one attached hydrogen (secondary N) is 1. The maximum absolute atomic E-state index is 13.1. The molecule has 2 amide bonds. The number of rotatable bonds is 18. The average Bonchev–Trinajstić information content (AvgIpc) is 2.90. The summed E-state index contributed by atoms with van der Waals surface area (Å²) < 4.78 is 5.03. The van der Waals surface area contributed by atoms with Gasteiger partial charge in [0.1, 0.15) is 0 Å². The van der Waals surface area contributed by atoms with Crippen molar-refractivity contribution in [1.82, 2.24) is 5.32 Å². The third-order valence-electron chi connectivity index (χ3n) is 6.25. The van der Waals surface area contributed by atoms with Crippen LogP contribution < -0.4 is 10.2 Å². The number of ether oxygens (including phenoxy) is 1. The van der Waals surface area contributed by atoms with Gasteiger partial charge < -0.3 is 10.1 Å². The lowest BCUT2D eigenvalue weighted by Crippen LogP contribution is -2.41. The van der Waals surface area contributed by atoms with Crippen LogP contribution in [0.3, 0.4) is 0 Å². The first-order valence-electron chi connectivity index (χ1n) is 14.1. The summed E-state index contributed by atoms with van der Waals surface area (Å²) in [6.45, 7) is 8.12. The number of hydrogen-bond donors (Lipinski definition) is 1. The van der Waals surface area contributed by atoms with Gasteiger partial charge >= 0.3 is 12.0 Å². The SMILES string of the molecule is CCCCCCCNC(=O)N(CCCCCCC)c1ccc(Sc2ccc(CC(=O)OCC)cc2)cc1. The summed E-state index contributed by atoms with van der Waals surface area (Å²) in [4.78, 5) is 28.9. The molecule has 0 aliphatic rings. The largest absolute Gasteiger partial charge is 0.466 e. The van der Waals surface area contributed by atoms with Crippen LogP contribution in [0.2, 0.25) is 0 Å². The number of esters is 1. The molecule has 0 atom stereocenters. The molecule has 2 rings (SSSR count). The van der Waals surface area contributed by atoms with E-state index in [-0.39, 0.29) is 12.0 Å². The van der Waals surface area contributed by atoms with Crippen molar-refractivity contribution in [1.29, 1.82) is 0 Å². The zero-order valence-corrected chi connectivity index (χ0v) is 23.9. The van der Waals surface area contributed by atoms with E-state index in [4.69, 9.17) is 4.74 Å². The number of benzene rings is 2. The Morgan fingerprint density at radius 1 is 0.757 bits per heavy atom. The third-order valence-corrected chi connectivity index (χ3v) is 7.26. The number of carbonyl (C=O) groups is 2. The van der Waals surface area contributed by atoms with E-state index in [1.165, 1.54) is 44.9 Å². The van der Waals surface area contributed by atoms with Crippen LogP contribution in [0.1, 0.15) is 90.5 Å². The van der Waals surface area contributed by atoms with Gasteiger partial charge in [-0.1, -0.05) is 89.1 Å². The summed E-state index contributed by atoms with van der Waals surface area (Å²) in [6.07, 6.45) is 12.1. The number of nitrogens with zero attached hydrogens (tertiary/aromatic N) is 1. The van der Waals surface area contributed by atoms with E-state index >= 15 is 0 Å². The summed E-state index contributed by atoms with van der Waals surface area (Å²) in [5.74, 6) is -0.200. The van der Waals surface area contributed by atoms with E-state index in [1.54, 1.807) is 11.8 Å². The normalized spacial score (nSPS) is 10.8. The summed E-state index contributed by atoms with van der Waals surface area (Å²) in [5.41, 5.74) is 1.89. The summed E-state index contributed by atoms with van der Waals surface area (Å²) in [5, 5.41) is 3.14. The highest BCUT2D eigenvalue weighted by atomic mass is 32.2. The molecule has 1 N–H and O–H groups in total. The van der Waals surface area contributed by atoms with E-state index in [1.807, 2.05) is 48.2 Å². The lowest BCUT2D eigenvalue weighted by molar-refractivity contribution is -0.142. The van der Waals surface area contributed by atoms with Crippen molar-refractivity contribution in [2.45, 2.75) is 101 Å². The second-order valence-electron chi connectivity index (χ2n) is 9.43. The quantitative estimate of drug-likeness (QED) is 0.156. The zero-order chi connectivity index (χ0) is 26.7. The molecule has 0 saturated heterocycles. The van der Waals surface area contributed by atoms with Crippen molar-refractivity contribution in [3.8, 4) is 0 Å². The molecule has 2 aromatic carbocycles. The highest BCUT2D eigenvalue weighted by molar-refractivity contribution is 7.99. The number of amides is 2. The van der Waals surface area contributed by atoms with Crippen LogP contribution in [0.4, 0.5) is 10.5 Å². The number of urea groups is 1. The minimum Gasteiger partial charge on any atom is -0.466 e. The Kier molecular flexibility index (Phi) is 15.6. The minimum absolute atomic E-state index is 0.00331. The minimum atomic E-state index is -0.200. The lowest BCUT2D eigenvalue weighted by atomic mass is 10.1. The molecule has 0 aromatic heterocycles. The second kappa shape index (κ2) is 18.7. The maximum Gasteiger partial charge on any atom is 0.321 e. The van der Waals surface area contributed by atoms with Crippen molar-refractivity contribution >= 4 is 29.4 Å². The zero-order valence-electron chi connectivity index (χ0n) is 23.1. The Hall–Kier alpha value is -2.47. The molecule has 5 nitrogen and oxygen atoms in total. The third kappa shape index (κ3) is 12.6. The van der Waals surface area contributed by atoms with Gasteiger partial charge in [0.05, 0.1) is 13.0 Å². The molecule has 0 aliphatic carbocycles. The monoisotopic (exact) mass is 526 g/mol. The fourth-order valence-electron chi connectivity index (χ4n) is 4.12. The Balaban J connectivity index is 1.95. The van der Waals surface area contributed by atoms with Crippen LogP contribution in [0.5, 0.6) is 0 Å². The molecule has 6 heteroatoms. The number of carbonyl (C=O) groups excluding carboxylic acids is 2. The van der Waals surface area contributed by atoms with Gasteiger partial charge in [0.25, 0.3) is 0 Å². The molecule has 0 aliphatic heterocycles. The van der Waals surface area contributed by atoms with Gasteiger partial charge in [-0.15, -0.1) is 0 Å². The summed E-state index contributed by atoms with van der Waals surface area (Å²) >= 11 is 1.67. The molecule has 37 heavy (non-hydrogen) atoms. The Labute approximate surface area is 228 Å². The molecule has 0 saturated carbocycles. The number of unbranched alkanes of at least 4 members (excludes halogenated alkanes) is 8. The molecule has 0 heterocycles. The summed E-state index contributed by atoms with van der Waals surface area (Å²) in [6, 6.07) is 16.3. The second-order valence-corrected chi connectivity index (χ2v) is 10.6. The van der Waals surface area contributed by atoms with Gasteiger partial charge in [-0.25, -0.2) is 4.79 Å². The topological polar surface area (TPSA) is 58.6 Å². The summed E-state index contributed by atoms with van der Waals surface area (Å²) in [7, 11) is 0. The number of anilines is 1. The van der Waals surface area contributed by atoms with Crippen molar-refractivity contribution in [3.05, 3.63) is 54.1 Å². The van der Waals surface area contributed by atoms with Crippen molar-refractivity contribution < 1.29 is 14.3 Å². The van der Waals surface area contributed by atoms with E-state index in [2.05, 4.69) is 31.3 Å². The van der Waals surface area contributed by atoms with E-state index in [0.717, 1.165) is 53.4 Å². The van der Waals surface area contributed by atoms with Crippen LogP contribution in [0.25, 0.3) is 0 Å².